The predicted molar refractivity (Wildman–Crippen MR) is 47.0 cm³/mol. The molecule has 0 spiro atoms. The summed E-state index contributed by atoms with van der Waals surface area (Å²) in [6.45, 7) is 2.39. The number of nitrogens with one attached hydrogen (secondary N) is 2. The van der Waals surface area contributed by atoms with Gasteiger partial charge in [0.25, 0.3) is 0 Å². The normalized spacial score (nSPS) is 13.5. The smallest absolute Gasteiger partial charge is 0.336 e. The molecule has 0 fully saturated rings. The van der Waals surface area contributed by atoms with Gasteiger partial charge in [0.05, 0.1) is 0 Å². The van der Waals surface area contributed by atoms with E-state index in [-0.39, 0.29) is 6.04 Å². The number of carbonyl (C=O) groups is 1. The van der Waals surface area contributed by atoms with Crippen molar-refractivity contribution in [2.45, 2.75) is 38.9 Å². The highest BCUT2D eigenvalue weighted by Gasteiger charge is 2.27. The molecule has 2 amide bonds. The minimum absolute atomic E-state index is 0.103. The van der Waals surface area contributed by atoms with Gasteiger partial charge in [-0.15, -0.1) is 0 Å². The summed E-state index contributed by atoms with van der Waals surface area (Å²) in [5, 5.41) is 4.14. The lowest BCUT2D eigenvalue weighted by molar-refractivity contribution is -0.122. The Morgan fingerprint density at radius 3 is 2.43 bits per heavy atom. The average Bonchev–Trinajstić information content (AvgIpc) is 2.00. The zero-order valence-electron chi connectivity index (χ0n) is 8.24. The summed E-state index contributed by atoms with van der Waals surface area (Å²) in [6.07, 6.45) is -2.73. The van der Waals surface area contributed by atoms with E-state index in [1.54, 1.807) is 12.2 Å². The van der Waals surface area contributed by atoms with Crippen molar-refractivity contribution in [3.63, 3.8) is 0 Å². The standard InChI is InChI=1S/C8H15F3N2O/c1-3-4-6(2)13-7(14)12-5-8(9,10)11/h6H,3-5H2,1-2H3,(H2,12,13,14). The van der Waals surface area contributed by atoms with Gasteiger partial charge in [0.2, 0.25) is 0 Å². The van der Waals surface area contributed by atoms with Crippen LogP contribution in [0.15, 0.2) is 0 Å². The maximum Gasteiger partial charge on any atom is 0.405 e. The van der Waals surface area contributed by atoms with E-state index < -0.39 is 18.8 Å². The number of rotatable bonds is 4. The van der Waals surface area contributed by atoms with Gasteiger partial charge in [-0.05, 0) is 13.3 Å². The van der Waals surface area contributed by atoms with Crippen LogP contribution in [-0.2, 0) is 0 Å². The van der Waals surface area contributed by atoms with Crippen LogP contribution < -0.4 is 10.6 Å². The highest BCUT2D eigenvalue weighted by Crippen LogP contribution is 2.11. The van der Waals surface area contributed by atoms with Crippen LogP contribution in [0.2, 0.25) is 0 Å². The minimum Gasteiger partial charge on any atom is -0.336 e. The summed E-state index contributed by atoms with van der Waals surface area (Å²) < 4.78 is 35.0. The first-order valence-corrected chi connectivity index (χ1v) is 4.46. The van der Waals surface area contributed by atoms with E-state index >= 15 is 0 Å². The average molecular weight is 212 g/mol. The van der Waals surface area contributed by atoms with E-state index in [1.165, 1.54) is 0 Å². The van der Waals surface area contributed by atoms with E-state index in [1.807, 2.05) is 6.92 Å². The summed E-state index contributed by atoms with van der Waals surface area (Å²) in [5.41, 5.74) is 0. The van der Waals surface area contributed by atoms with Crippen LogP contribution in [0.1, 0.15) is 26.7 Å². The lowest BCUT2D eigenvalue weighted by atomic mass is 10.2. The van der Waals surface area contributed by atoms with Crippen molar-refractivity contribution in [3.8, 4) is 0 Å². The molecule has 0 aromatic carbocycles. The molecule has 0 saturated heterocycles. The van der Waals surface area contributed by atoms with Gasteiger partial charge < -0.3 is 10.6 Å². The van der Waals surface area contributed by atoms with Crippen LogP contribution in [0.4, 0.5) is 18.0 Å². The SMILES string of the molecule is CCCC(C)NC(=O)NCC(F)(F)F. The van der Waals surface area contributed by atoms with Gasteiger partial charge in [-0.1, -0.05) is 13.3 Å². The van der Waals surface area contributed by atoms with Crippen molar-refractivity contribution in [2.75, 3.05) is 6.54 Å². The summed E-state index contributed by atoms with van der Waals surface area (Å²) in [6, 6.07) is -0.878. The molecule has 0 heterocycles. The fourth-order valence-electron chi connectivity index (χ4n) is 0.961. The third-order valence-electron chi connectivity index (χ3n) is 1.55. The van der Waals surface area contributed by atoms with E-state index in [0.717, 1.165) is 12.8 Å². The van der Waals surface area contributed by atoms with E-state index in [4.69, 9.17) is 0 Å². The third-order valence-corrected chi connectivity index (χ3v) is 1.55. The molecular weight excluding hydrogens is 197 g/mol. The molecule has 0 aromatic rings. The van der Waals surface area contributed by atoms with Gasteiger partial charge in [0.1, 0.15) is 6.54 Å². The van der Waals surface area contributed by atoms with Crippen LogP contribution in [0.5, 0.6) is 0 Å². The van der Waals surface area contributed by atoms with Crippen molar-refractivity contribution in [2.24, 2.45) is 0 Å². The third kappa shape index (κ3) is 7.70. The molecule has 0 aliphatic carbocycles. The number of amides is 2. The lowest BCUT2D eigenvalue weighted by Gasteiger charge is -2.14. The largest absolute Gasteiger partial charge is 0.405 e. The maximum atomic E-state index is 11.7. The van der Waals surface area contributed by atoms with Gasteiger partial charge in [-0.25, -0.2) is 4.79 Å². The Bertz CT molecular complexity index is 182. The second-order valence-corrected chi connectivity index (χ2v) is 3.13. The molecule has 1 unspecified atom stereocenters. The van der Waals surface area contributed by atoms with Crippen molar-refractivity contribution < 1.29 is 18.0 Å². The molecule has 0 aliphatic rings. The first kappa shape index (κ1) is 13.1. The van der Waals surface area contributed by atoms with Gasteiger partial charge >= 0.3 is 12.2 Å². The Labute approximate surface area is 81.1 Å². The molecule has 84 valence electrons. The van der Waals surface area contributed by atoms with Crippen molar-refractivity contribution >= 4 is 6.03 Å². The Morgan fingerprint density at radius 1 is 1.43 bits per heavy atom. The number of carbonyl (C=O) groups excluding carboxylic acids is 1. The molecule has 1 atom stereocenters. The molecule has 0 rings (SSSR count). The summed E-state index contributed by atoms with van der Waals surface area (Å²) >= 11 is 0. The van der Waals surface area contributed by atoms with E-state index in [9.17, 15) is 18.0 Å². The Balaban J connectivity index is 3.65. The number of hydrogen-bond donors (Lipinski definition) is 2. The highest BCUT2D eigenvalue weighted by atomic mass is 19.4. The second kappa shape index (κ2) is 5.72. The van der Waals surface area contributed by atoms with Crippen molar-refractivity contribution in [1.82, 2.24) is 10.6 Å². The number of halogens is 3. The monoisotopic (exact) mass is 212 g/mol. The molecule has 0 radical (unpaired) electrons. The molecule has 3 nitrogen and oxygen atoms in total. The number of hydrogen-bond acceptors (Lipinski definition) is 1. The predicted octanol–water partition coefficient (Wildman–Crippen LogP) is 2.04. The molecule has 14 heavy (non-hydrogen) atoms. The van der Waals surface area contributed by atoms with Crippen molar-refractivity contribution in [3.05, 3.63) is 0 Å². The Kier molecular flexibility index (Phi) is 5.34. The fraction of sp³-hybridized carbons (Fsp3) is 0.875. The molecule has 0 aliphatic heterocycles. The first-order valence-electron chi connectivity index (χ1n) is 4.46. The van der Waals surface area contributed by atoms with Crippen LogP contribution in [-0.4, -0.2) is 24.8 Å². The van der Waals surface area contributed by atoms with Crippen LogP contribution in [0, 0.1) is 0 Å². The van der Waals surface area contributed by atoms with Gasteiger partial charge in [0, 0.05) is 6.04 Å². The fourth-order valence-corrected chi connectivity index (χ4v) is 0.961. The van der Waals surface area contributed by atoms with Gasteiger partial charge in [-0.3, -0.25) is 0 Å². The summed E-state index contributed by atoms with van der Waals surface area (Å²) in [7, 11) is 0. The number of urea groups is 1. The summed E-state index contributed by atoms with van der Waals surface area (Å²) in [4.78, 5) is 10.9. The number of alkyl halides is 3. The molecular formula is C8H15F3N2O. The zero-order chi connectivity index (χ0) is 11.2. The molecule has 6 heteroatoms. The van der Waals surface area contributed by atoms with Crippen molar-refractivity contribution in [1.29, 1.82) is 0 Å². The maximum absolute atomic E-state index is 11.7. The molecule has 0 aromatic heterocycles. The van der Waals surface area contributed by atoms with Gasteiger partial charge in [0.15, 0.2) is 0 Å². The van der Waals surface area contributed by atoms with E-state index in [0.29, 0.717) is 0 Å². The Morgan fingerprint density at radius 2 is 2.00 bits per heavy atom. The van der Waals surface area contributed by atoms with Gasteiger partial charge in [-0.2, -0.15) is 13.2 Å². The second-order valence-electron chi connectivity index (χ2n) is 3.13. The molecule has 0 saturated carbocycles. The van der Waals surface area contributed by atoms with Crippen LogP contribution in [0.3, 0.4) is 0 Å². The van der Waals surface area contributed by atoms with Crippen LogP contribution in [0.25, 0.3) is 0 Å². The molecule has 0 bridgehead atoms. The Hall–Kier alpha value is -0.940. The minimum atomic E-state index is -4.36. The quantitative estimate of drug-likeness (QED) is 0.735. The first-order chi connectivity index (χ1) is 6.35. The summed E-state index contributed by atoms with van der Waals surface area (Å²) in [5.74, 6) is 0. The topological polar surface area (TPSA) is 41.1 Å². The zero-order valence-corrected chi connectivity index (χ0v) is 8.24. The molecule has 2 N–H and O–H groups in total. The lowest BCUT2D eigenvalue weighted by Crippen LogP contribution is -2.44. The van der Waals surface area contributed by atoms with Crippen LogP contribution >= 0.6 is 0 Å². The highest BCUT2D eigenvalue weighted by molar-refractivity contribution is 5.74. The van der Waals surface area contributed by atoms with E-state index in [2.05, 4.69) is 5.32 Å².